The first-order chi connectivity index (χ1) is 12.5. The van der Waals surface area contributed by atoms with Gasteiger partial charge in [0.25, 0.3) is 5.91 Å². The summed E-state index contributed by atoms with van der Waals surface area (Å²) in [6, 6.07) is 13.4. The number of rotatable bonds is 5. The molecule has 0 radical (unpaired) electrons. The second kappa shape index (κ2) is 7.89. The molecule has 3 rings (SSSR count). The first kappa shape index (κ1) is 18.4. The summed E-state index contributed by atoms with van der Waals surface area (Å²) in [5.74, 6) is 0.653. The summed E-state index contributed by atoms with van der Waals surface area (Å²) in [6.07, 6.45) is 0. The third-order valence-electron chi connectivity index (χ3n) is 4.00. The van der Waals surface area contributed by atoms with Gasteiger partial charge in [0, 0.05) is 35.1 Å². The SMILES string of the molecule is COc1ccc(C)cc1CN(C)C(=O)c1csc(-c2ccc(Cl)cc2)n1. The molecule has 0 N–H and O–H groups in total. The molecule has 0 fully saturated rings. The third-order valence-corrected chi connectivity index (χ3v) is 5.15. The number of ether oxygens (including phenoxy) is 1. The Morgan fingerprint density at radius 1 is 1.23 bits per heavy atom. The Morgan fingerprint density at radius 3 is 2.65 bits per heavy atom. The van der Waals surface area contributed by atoms with Crippen molar-refractivity contribution in [1.29, 1.82) is 0 Å². The van der Waals surface area contributed by atoms with Crippen LogP contribution in [0.25, 0.3) is 10.6 Å². The molecule has 0 bridgehead atoms. The fourth-order valence-electron chi connectivity index (χ4n) is 2.65. The number of nitrogens with zero attached hydrogens (tertiary/aromatic N) is 2. The molecular weight excluding hydrogens is 368 g/mol. The van der Waals surface area contributed by atoms with Gasteiger partial charge in [0.2, 0.25) is 0 Å². The van der Waals surface area contributed by atoms with E-state index in [2.05, 4.69) is 4.98 Å². The number of benzene rings is 2. The molecule has 134 valence electrons. The zero-order chi connectivity index (χ0) is 18.7. The minimum absolute atomic E-state index is 0.120. The summed E-state index contributed by atoms with van der Waals surface area (Å²) in [6.45, 7) is 2.47. The minimum Gasteiger partial charge on any atom is -0.496 e. The van der Waals surface area contributed by atoms with Crippen LogP contribution < -0.4 is 4.74 Å². The van der Waals surface area contributed by atoms with Crippen molar-refractivity contribution in [2.24, 2.45) is 0 Å². The molecule has 1 heterocycles. The second-order valence-electron chi connectivity index (χ2n) is 6.02. The van der Waals surface area contributed by atoms with Crippen LogP contribution in [0.5, 0.6) is 5.75 Å². The van der Waals surface area contributed by atoms with Crippen molar-refractivity contribution in [3.63, 3.8) is 0 Å². The summed E-state index contributed by atoms with van der Waals surface area (Å²) in [7, 11) is 3.40. The normalized spacial score (nSPS) is 10.6. The van der Waals surface area contributed by atoms with Crippen molar-refractivity contribution in [3.8, 4) is 16.3 Å². The lowest BCUT2D eigenvalue weighted by Gasteiger charge is -2.18. The Bertz CT molecular complexity index is 922. The van der Waals surface area contributed by atoms with Crippen molar-refractivity contribution in [2.45, 2.75) is 13.5 Å². The van der Waals surface area contributed by atoms with Gasteiger partial charge in [0.05, 0.1) is 7.11 Å². The van der Waals surface area contributed by atoms with Crippen LogP contribution in [0.3, 0.4) is 0 Å². The van der Waals surface area contributed by atoms with E-state index in [1.807, 2.05) is 49.4 Å². The molecule has 0 spiro atoms. The highest BCUT2D eigenvalue weighted by Gasteiger charge is 2.18. The Labute approximate surface area is 162 Å². The molecule has 0 unspecified atom stereocenters. The van der Waals surface area contributed by atoms with E-state index in [1.54, 1.807) is 24.4 Å². The van der Waals surface area contributed by atoms with Gasteiger partial charge in [0.1, 0.15) is 16.5 Å². The van der Waals surface area contributed by atoms with E-state index in [0.29, 0.717) is 17.3 Å². The largest absolute Gasteiger partial charge is 0.496 e. The van der Waals surface area contributed by atoms with Crippen LogP contribution in [0.1, 0.15) is 21.6 Å². The molecule has 0 aliphatic heterocycles. The van der Waals surface area contributed by atoms with E-state index in [1.165, 1.54) is 11.3 Å². The highest BCUT2D eigenvalue weighted by atomic mass is 35.5. The van der Waals surface area contributed by atoms with Gasteiger partial charge in [0.15, 0.2) is 0 Å². The molecule has 4 nitrogen and oxygen atoms in total. The molecule has 0 atom stereocenters. The number of carbonyl (C=O) groups excluding carboxylic acids is 1. The Hall–Kier alpha value is -2.37. The predicted molar refractivity (Wildman–Crippen MR) is 106 cm³/mol. The van der Waals surface area contributed by atoms with E-state index in [0.717, 1.165) is 27.4 Å². The topological polar surface area (TPSA) is 42.4 Å². The maximum absolute atomic E-state index is 12.7. The first-order valence-electron chi connectivity index (χ1n) is 8.08. The summed E-state index contributed by atoms with van der Waals surface area (Å²) in [5, 5.41) is 3.26. The zero-order valence-electron chi connectivity index (χ0n) is 14.8. The molecular formula is C20H19ClN2O2S. The fraction of sp³-hybridized carbons (Fsp3) is 0.200. The molecule has 0 aliphatic carbocycles. The van der Waals surface area contributed by atoms with E-state index in [-0.39, 0.29) is 5.91 Å². The molecule has 1 aromatic heterocycles. The van der Waals surface area contributed by atoms with Gasteiger partial charge >= 0.3 is 0 Å². The highest BCUT2D eigenvalue weighted by molar-refractivity contribution is 7.13. The van der Waals surface area contributed by atoms with Crippen LogP contribution in [-0.4, -0.2) is 29.9 Å². The zero-order valence-corrected chi connectivity index (χ0v) is 16.4. The van der Waals surface area contributed by atoms with Gasteiger partial charge in [-0.15, -0.1) is 11.3 Å². The number of aromatic nitrogens is 1. The lowest BCUT2D eigenvalue weighted by Crippen LogP contribution is -2.26. The van der Waals surface area contributed by atoms with Gasteiger partial charge in [-0.25, -0.2) is 4.98 Å². The smallest absolute Gasteiger partial charge is 0.273 e. The van der Waals surface area contributed by atoms with E-state index < -0.39 is 0 Å². The quantitative estimate of drug-likeness (QED) is 0.616. The van der Waals surface area contributed by atoms with Crippen LogP contribution in [0.2, 0.25) is 5.02 Å². The van der Waals surface area contributed by atoms with Gasteiger partial charge in [-0.05, 0) is 25.1 Å². The third kappa shape index (κ3) is 4.06. The number of thiazole rings is 1. The van der Waals surface area contributed by atoms with E-state index in [4.69, 9.17) is 16.3 Å². The van der Waals surface area contributed by atoms with Gasteiger partial charge in [-0.3, -0.25) is 4.79 Å². The monoisotopic (exact) mass is 386 g/mol. The van der Waals surface area contributed by atoms with Crippen molar-refractivity contribution in [2.75, 3.05) is 14.2 Å². The summed E-state index contributed by atoms with van der Waals surface area (Å²) < 4.78 is 5.40. The van der Waals surface area contributed by atoms with Gasteiger partial charge < -0.3 is 9.64 Å². The average Bonchev–Trinajstić information content (AvgIpc) is 3.12. The van der Waals surface area contributed by atoms with Crippen LogP contribution in [-0.2, 0) is 6.54 Å². The van der Waals surface area contributed by atoms with Crippen LogP contribution >= 0.6 is 22.9 Å². The van der Waals surface area contributed by atoms with Gasteiger partial charge in [-0.1, -0.05) is 41.4 Å². The molecule has 0 saturated carbocycles. The first-order valence-corrected chi connectivity index (χ1v) is 9.34. The fourth-order valence-corrected chi connectivity index (χ4v) is 3.58. The molecule has 1 amide bonds. The lowest BCUT2D eigenvalue weighted by molar-refractivity contribution is 0.0779. The number of aryl methyl sites for hydroxylation is 1. The van der Waals surface area contributed by atoms with E-state index >= 15 is 0 Å². The van der Waals surface area contributed by atoms with Crippen LogP contribution in [0.4, 0.5) is 0 Å². The standard InChI is InChI=1S/C20H19ClN2O2S/c1-13-4-9-18(25-3)15(10-13)11-23(2)20(24)17-12-26-19(22-17)14-5-7-16(21)8-6-14/h4-10,12H,11H2,1-3H3. The maximum atomic E-state index is 12.7. The second-order valence-corrected chi connectivity index (χ2v) is 7.32. The Balaban J connectivity index is 1.77. The lowest BCUT2D eigenvalue weighted by atomic mass is 10.1. The van der Waals surface area contributed by atoms with Crippen LogP contribution in [0, 0.1) is 6.92 Å². The van der Waals surface area contributed by atoms with Crippen molar-refractivity contribution >= 4 is 28.8 Å². The summed E-state index contributed by atoms with van der Waals surface area (Å²) >= 11 is 7.37. The maximum Gasteiger partial charge on any atom is 0.273 e. The highest BCUT2D eigenvalue weighted by Crippen LogP contribution is 2.26. The van der Waals surface area contributed by atoms with E-state index in [9.17, 15) is 4.79 Å². The molecule has 3 aromatic rings. The Kier molecular flexibility index (Phi) is 5.59. The Morgan fingerprint density at radius 2 is 1.96 bits per heavy atom. The van der Waals surface area contributed by atoms with Crippen LogP contribution in [0.15, 0.2) is 47.8 Å². The number of amides is 1. The van der Waals surface area contributed by atoms with Crippen molar-refractivity contribution < 1.29 is 9.53 Å². The summed E-state index contributed by atoms with van der Waals surface area (Å²) in [5.41, 5.74) is 3.48. The summed E-state index contributed by atoms with van der Waals surface area (Å²) in [4.78, 5) is 18.9. The molecule has 6 heteroatoms. The average molecular weight is 387 g/mol. The number of hydrogen-bond acceptors (Lipinski definition) is 4. The minimum atomic E-state index is -0.120. The van der Waals surface area contributed by atoms with Crippen molar-refractivity contribution in [1.82, 2.24) is 9.88 Å². The van der Waals surface area contributed by atoms with Gasteiger partial charge in [-0.2, -0.15) is 0 Å². The number of halogens is 1. The van der Waals surface area contributed by atoms with Crippen molar-refractivity contribution in [3.05, 3.63) is 69.7 Å². The number of methoxy groups -OCH3 is 1. The number of hydrogen-bond donors (Lipinski definition) is 0. The molecule has 0 aliphatic rings. The molecule has 26 heavy (non-hydrogen) atoms. The molecule has 0 saturated heterocycles. The predicted octanol–water partition coefficient (Wildman–Crippen LogP) is 5.05. The molecule has 2 aromatic carbocycles. The number of carbonyl (C=O) groups is 1.